The van der Waals surface area contributed by atoms with Crippen molar-refractivity contribution in [3.8, 4) is 0 Å². The third kappa shape index (κ3) is 4.09. The largest absolute Gasteiger partial charge is 0.316 e. The molecule has 4 heteroatoms. The lowest BCUT2D eigenvalue weighted by molar-refractivity contribution is 0.378. The molecular weight excluding hydrogens is 186 g/mol. The predicted octanol–water partition coefficient (Wildman–Crippen LogP) is 0.667. The Bertz CT molecular complexity index is 242. The summed E-state index contributed by atoms with van der Waals surface area (Å²) in [5.41, 5.74) is 0. The average molecular weight is 205 g/mol. The Balaban J connectivity index is 2.28. The van der Waals surface area contributed by atoms with Gasteiger partial charge in [0.1, 0.15) is 0 Å². The molecule has 0 aliphatic carbocycles. The zero-order valence-electron chi connectivity index (χ0n) is 8.41. The normalized spacial score (nSPS) is 19.0. The molecule has 0 aromatic carbocycles. The van der Waals surface area contributed by atoms with Crippen LogP contribution in [0.4, 0.5) is 0 Å². The van der Waals surface area contributed by atoms with Crippen LogP contribution in [0, 0.1) is 11.8 Å². The zero-order chi connectivity index (χ0) is 9.90. The highest BCUT2D eigenvalue weighted by Crippen LogP contribution is 2.10. The molecule has 1 N–H and O–H groups in total. The van der Waals surface area contributed by atoms with Crippen LogP contribution in [0.1, 0.15) is 20.3 Å². The first-order valence-corrected chi connectivity index (χ1v) is 6.73. The minimum absolute atomic E-state index is 0.362. The lowest BCUT2D eigenvalue weighted by Crippen LogP contribution is -2.45. The molecule has 0 radical (unpaired) electrons. The maximum atomic E-state index is 11.5. The molecule has 0 aromatic heterocycles. The smallest absolute Gasteiger partial charge is 0.150 e. The van der Waals surface area contributed by atoms with Gasteiger partial charge in [0.25, 0.3) is 0 Å². The van der Waals surface area contributed by atoms with Crippen molar-refractivity contribution in [2.75, 3.05) is 24.6 Å². The standard InChI is InChI=1S/C9H19NO2S/c1-8(2)3-4-13(11,12)7-9-5-10-6-9/h8-10H,3-7H2,1-2H3. The highest BCUT2D eigenvalue weighted by atomic mass is 32.2. The second-order valence-corrected chi connectivity index (χ2v) is 6.55. The van der Waals surface area contributed by atoms with Gasteiger partial charge >= 0.3 is 0 Å². The van der Waals surface area contributed by atoms with E-state index in [1.807, 2.05) is 0 Å². The predicted molar refractivity (Wildman–Crippen MR) is 54.5 cm³/mol. The summed E-state index contributed by atoms with van der Waals surface area (Å²) in [7, 11) is -2.78. The molecule has 0 saturated carbocycles. The lowest BCUT2D eigenvalue weighted by atomic mass is 10.1. The third-order valence-corrected chi connectivity index (χ3v) is 4.20. The van der Waals surface area contributed by atoms with Crippen LogP contribution < -0.4 is 5.32 Å². The summed E-state index contributed by atoms with van der Waals surface area (Å²) in [4.78, 5) is 0. The summed E-state index contributed by atoms with van der Waals surface area (Å²) in [5.74, 6) is 1.60. The fraction of sp³-hybridized carbons (Fsp3) is 1.00. The van der Waals surface area contributed by atoms with E-state index in [4.69, 9.17) is 0 Å². The van der Waals surface area contributed by atoms with E-state index in [2.05, 4.69) is 19.2 Å². The number of sulfone groups is 1. The van der Waals surface area contributed by atoms with Gasteiger partial charge in [-0.05, 0) is 18.3 Å². The monoisotopic (exact) mass is 205 g/mol. The number of rotatable bonds is 5. The van der Waals surface area contributed by atoms with Gasteiger partial charge in [-0.15, -0.1) is 0 Å². The van der Waals surface area contributed by atoms with Crippen molar-refractivity contribution < 1.29 is 8.42 Å². The summed E-state index contributed by atoms with van der Waals surface area (Å²) < 4.78 is 23.0. The molecule has 0 spiro atoms. The fourth-order valence-corrected chi connectivity index (χ4v) is 3.28. The van der Waals surface area contributed by atoms with Crippen LogP contribution in [-0.2, 0) is 9.84 Å². The van der Waals surface area contributed by atoms with Crippen molar-refractivity contribution in [3.63, 3.8) is 0 Å². The molecule has 1 heterocycles. The Morgan fingerprint density at radius 1 is 1.38 bits per heavy atom. The molecule has 1 aliphatic heterocycles. The molecule has 0 amide bonds. The molecule has 0 atom stereocenters. The van der Waals surface area contributed by atoms with E-state index in [1.165, 1.54) is 0 Å². The van der Waals surface area contributed by atoms with Crippen molar-refractivity contribution >= 4 is 9.84 Å². The van der Waals surface area contributed by atoms with Gasteiger partial charge in [0.05, 0.1) is 11.5 Å². The van der Waals surface area contributed by atoms with Gasteiger partial charge in [-0.1, -0.05) is 13.8 Å². The number of nitrogens with one attached hydrogen (secondary N) is 1. The first-order chi connectivity index (χ1) is 5.99. The first kappa shape index (κ1) is 11.0. The first-order valence-electron chi connectivity index (χ1n) is 4.91. The highest BCUT2D eigenvalue weighted by Gasteiger charge is 2.23. The summed E-state index contributed by atoms with van der Waals surface area (Å²) >= 11 is 0. The van der Waals surface area contributed by atoms with Gasteiger partial charge in [-0.3, -0.25) is 0 Å². The minimum atomic E-state index is -2.78. The molecule has 1 aliphatic rings. The van der Waals surface area contributed by atoms with Gasteiger partial charge in [0.2, 0.25) is 0 Å². The van der Waals surface area contributed by atoms with Gasteiger partial charge in [-0.2, -0.15) is 0 Å². The Labute approximate surface area is 80.8 Å². The second-order valence-electron chi connectivity index (χ2n) is 4.32. The van der Waals surface area contributed by atoms with Crippen LogP contribution in [0.15, 0.2) is 0 Å². The molecule has 0 unspecified atom stereocenters. The molecule has 1 saturated heterocycles. The van der Waals surface area contributed by atoms with Gasteiger partial charge < -0.3 is 5.32 Å². The maximum absolute atomic E-state index is 11.5. The zero-order valence-corrected chi connectivity index (χ0v) is 9.23. The van der Waals surface area contributed by atoms with Gasteiger partial charge in [0, 0.05) is 13.1 Å². The fourth-order valence-electron chi connectivity index (χ4n) is 1.32. The minimum Gasteiger partial charge on any atom is -0.316 e. The van der Waals surface area contributed by atoms with E-state index in [0.29, 0.717) is 23.3 Å². The molecule has 78 valence electrons. The quantitative estimate of drug-likeness (QED) is 0.717. The van der Waals surface area contributed by atoms with Crippen molar-refractivity contribution in [1.82, 2.24) is 5.32 Å². The van der Waals surface area contributed by atoms with Crippen molar-refractivity contribution in [2.45, 2.75) is 20.3 Å². The summed E-state index contributed by atoms with van der Waals surface area (Å²) in [6, 6.07) is 0. The SMILES string of the molecule is CC(C)CCS(=O)(=O)CC1CNC1. The second kappa shape index (κ2) is 4.42. The number of hydrogen-bond acceptors (Lipinski definition) is 3. The van der Waals surface area contributed by atoms with Crippen LogP contribution in [0.3, 0.4) is 0 Å². The van der Waals surface area contributed by atoms with Crippen molar-refractivity contribution in [2.24, 2.45) is 11.8 Å². The Hall–Kier alpha value is -0.0900. The molecule has 1 rings (SSSR count). The van der Waals surface area contributed by atoms with E-state index < -0.39 is 9.84 Å². The molecule has 0 aromatic rings. The van der Waals surface area contributed by atoms with Crippen LogP contribution in [0.25, 0.3) is 0 Å². The summed E-state index contributed by atoms with van der Waals surface area (Å²) in [6.07, 6.45) is 0.794. The van der Waals surface area contributed by atoms with E-state index in [1.54, 1.807) is 0 Å². The summed E-state index contributed by atoms with van der Waals surface area (Å²) in [5, 5.41) is 3.08. The average Bonchev–Trinajstić information content (AvgIpc) is 1.94. The Morgan fingerprint density at radius 2 is 2.00 bits per heavy atom. The van der Waals surface area contributed by atoms with Crippen LogP contribution in [0.2, 0.25) is 0 Å². The molecule has 1 fully saturated rings. The van der Waals surface area contributed by atoms with E-state index in [9.17, 15) is 8.42 Å². The van der Waals surface area contributed by atoms with E-state index in [-0.39, 0.29) is 0 Å². The highest BCUT2D eigenvalue weighted by molar-refractivity contribution is 7.91. The van der Waals surface area contributed by atoms with Crippen LogP contribution in [-0.4, -0.2) is 33.0 Å². The maximum Gasteiger partial charge on any atom is 0.150 e. The molecular formula is C9H19NO2S. The topological polar surface area (TPSA) is 46.2 Å². The Morgan fingerprint density at radius 3 is 2.38 bits per heavy atom. The van der Waals surface area contributed by atoms with E-state index in [0.717, 1.165) is 19.5 Å². The van der Waals surface area contributed by atoms with Gasteiger partial charge in [0.15, 0.2) is 9.84 Å². The third-order valence-electron chi connectivity index (χ3n) is 2.36. The van der Waals surface area contributed by atoms with Crippen LogP contribution >= 0.6 is 0 Å². The van der Waals surface area contributed by atoms with Crippen LogP contribution in [0.5, 0.6) is 0 Å². The van der Waals surface area contributed by atoms with E-state index >= 15 is 0 Å². The van der Waals surface area contributed by atoms with Crippen molar-refractivity contribution in [1.29, 1.82) is 0 Å². The lowest BCUT2D eigenvalue weighted by Gasteiger charge is -2.26. The number of hydrogen-bond donors (Lipinski definition) is 1. The molecule has 13 heavy (non-hydrogen) atoms. The van der Waals surface area contributed by atoms with Crippen molar-refractivity contribution in [3.05, 3.63) is 0 Å². The molecule has 0 bridgehead atoms. The Kier molecular flexibility index (Phi) is 3.74. The summed E-state index contributed by atoms with van der Waals surface area (Å²) in [6.45, 7) is 5.86. The molecule has 3 nitrogen and oxygen atoms in total. The van der Waals surface area contributed by atoms with Gasteiger partial charge in [-0.25, -0.2) is 8.42 Å².